The average molecular weight is 238 g/mol. The maximum atomic E-state index is 3.23. The summed E-state index contributed by atoms with van der Waals surface area (Å²) in [6.45, 7) is 0. The standard InChI is InChI=1S/C13H18S2/c1-2-4-6-10-14-12-8-9-13-15-11-7-5-3-1/h1-5,8-9,12-13H2. The van der Waals surface area contributed by atoms with Crippen LogP contribution in [0, 0.1) is 22.3 Å². The normalized spacial score (nSPS) is 19.7. The molecule has 0 atom stereocenters. The minimum Gasteiger partial charge on any atom is -0.0913 e. The summed E-state index contributed by atoms with van der Waals surface area (Å²) in [7, 11) is 0. The van der Waals surface area contributed by atoms with Crippen LogP contribution in [-0.2, 0) is 0 Å². The van der Waals surface area contributed by atoms with Crippen LogP contribution in [0.25, 0.3) is 0 Å². The van der Waals surface area contributed by atoms with Gasteiger partial charge in [0.05, 0.1) is 0 Å². The molecule has 0 bridgehead atoms. The first-order valence-corrected chi connectivity index (χ1v) is 7.66. The van der Waals surface area contributed by atoms with Crippen molar-refractivity contribution in [1.82, 2.24) is 0 Å². The number of hydrogen-bond acceptors (Lipinski definition) is 2. The molecule has 15 heavy (non-hydrogen) atoms. The summed E-state index contributed by atoms with van der Waals surface area (Å²) in [5.41, 5.74) is 0. The van der Waals surface area contributed by atoms with Crippen LogP contribution in [0.15, 0.2) is 0 Å². The lowest BCUT2D eigenvalue weighted by Crippen LogP contribution is -1.81. The molecule has 0 fully saturated rings. The lowest BCUT2D eigenvalue weighted by atomic mass is 10.1. The molecule has 1 rings (SSSR count). The Balaban J connectivity index is 2.21. The molecular formula is C13H18S2. The van der Waals surface area contributed by atoms with Gasteiger partial charge in [0.2, 0.25) is 0 Å². The first-order valence-electron chi connectivity index (χ1n) is 5.69. The van der Waals surface area contributed by atoms with E-state index in [1.807, 2.05) is 0 Å². The van der Waals surface area contributed by atoms with E-state index in [0.717, 1.165) is 12.8 Å². The molecule has 0 unspecified atom stereocenters. The maximum Gasteiger partial charge on any atom is 0.00976 e. The monoisotopic (exact) mass is 238 g/mol. The van der Waals surface area contributed by atoms with Crippen LogP contribution in [0.4, 0.5) is 0 Å². The van der Waals surface area contributed by atoms with Gasteiger partial charge in [0, 0.05) is 24.3 Å². The fourth-order valence-electron chi connectivity index (χ4n) is 1.26. The molecular weight excluding hydrogens is 220 g/mol. The molecule has 0 aliphatic carbocycles. The number of hydrogen-bond donors (Lipinski definition) is 0. The molecule has 0 aromatic carbocycles. The Kier molecular flexibility index (Phi) is 8.89. The Hall–Kier alpha value is -0.180. The van der Waals surface area contributed by atoms with Crippen LogP contribution in [-0.4, -0.2) is 11.5 Å². The molecule has 82 valence electrons. The van der Waals surface area contributed by atoms with Gasteiger partial charge in [-0.05, 0) is 36.2 Å². The van der Waals surface area contributed by atoms with Gasteiger partial charge in [-0.25, -0.2) is 0 Å². The lowest BCUT2D eigenvalue weighted by molar-refractivity contribution is 0.709. The predicted molar refractivity (Wildman–Crippen MR) is 72.8 cm³/mol. The van der Waals surface area contributed by atoms with Crippen molar-refractivity contribution in [1.29, 1.82) is 0 Å². The topological polar surface area (TPSA) is 0 Å². The Morgan fingerprint density at radius 2 is 1.13 bits per heavy atom. The van der Waals surface area contributed by atoms with E-state index in [-0.39, 0.29) is 0 Å². The third-order valence-corrected chi connectivity index (χ3v) is 3.70. The number of thioether (sulfide) groups is 2. The summed E-state index contributed by atoms with van der Waals surface area (Å²) in [4.78, 5) is 0. The predicted octanol–water partition coefficient (Wildman–Crippen LogP) is 4.12. The van der Waals surface area contributed by atoms with Crippen LogP contribution in [0.3, 0.4) is 0 Å². The molecule has 0 aromatic rings. The molecule has 2 heteroatoms. The Morgan fingerprint density at radius 1 is 0.600 bits per heavy atom. The van der Waals surface area contributed by atoms with Crippen molar-refractivity contribution in [3.8, 4) is 22.3 Å². The SMILES string of the molecule is C1#CSCCCCSC#CCCCCC1. The van der Waals surface area contributed by atoms with Crippen LogP contribution < -0.4 is 0 Å². The van der Waals surface area contributed by atoms with E-state index in [1.54, 1.807) is 23.5 Å². The van der Waals surface area contributed by atoms with E-state index in [1.165, 1.54) is 43.6 Å². The second kappa shape index (κ2) is 10.3. The minimum absolute atomic E-state index is 1.06. The highest BCUT2D eigenvalue weighted by Crippen LogP contribution is 2.09. The van der Waals surface area contributed by atoms with E-state index in [9.17, 15) is 0 Å². The van der Waals surface area contributed by atoms with Crippen LogP contribution in [0.5, 0.6) is 0 Å². The molecule has 1 aliphatic heterocycles. The summed E-state index contributed by atoms with van der Waals surface area (Å²) in [5.74, 6) is 8.82. The Morgan fingerprint density at radius 3 is 1.67 bits per heavy atom. The van der Waals surface area contributed by atoms with Crippen LogP contribution in [0.2, 0.25) is 0 Å². The first kappa shape index (κ1) is 12.9. The highest BCUT2D eigenvalue weighted by atomic mass is 32.2. The van der Waals surface area contributed by atoms with Gasteiger partial charge in [0.25, 0.3) is 0 Å². The average Bonchev–Trinajstić information content (AvgIpc) is 2.27. The van der Waals surface area contributed by atoms with Crippen LogP contribution >= 0.6 is 23.5 Å². The third-order valence-electron chi connectivity index (χ3n) is 2.14. The van der Waals surface area contributed by atoms with Crippen LogP contribution in [0.1, 0.15) is 44.9 Å². The largest absolute Gasteiger partial charge is 0.0913 e. The fourth-order valence-corrected chi connectivity index (χ4v) is 2.57. The minimum atomic E-state index is 1.06. The molecule has 1 aliphatic rings. The van der Waals surface area contributed by atoms with Gasteiger partial charge in [0.15, 0.2) is 0 Å². The second-order valence-electron chi connectivity index (χ2n) is 3.52. The van der Waals surface area contributed by atoms with Crippen molar-refractivity contribution in [2.24, 2.45) is 0 Å². The van der Waals surface area contributed by atoms with Gasteiger partial charge in [-0.15, -0.1) is 0 Å². The van der Waals surface area contributed by atoms with Gasteiger partial charge < -0.3 is 0 Å². The molecule has 1 heterocycles. The third kappa shape index (κ3) is 8.79. The summed E-state index contributed by atoms with van der Waals surface area (Å²) in [6.07, 6.45) is 8.43. The summed E-state index contributed by atoms with van der Waals surface area (Å²) in [6, 6.07) is 0. The van der Waals surface area contributed by atoms with Crippen molar-refractivity contribution in [3.63, 3.8) is 0 Å². The van der Waals surface area contributed by atoms with Crippen molar-refractivity contribution in [3.05, 3.63) is 0 Å². The van der Waals surface area contributed by atoms with Gasteiger partial charge in [-0.1, -0.05) is 41.8 Å². The first-order chi connectivity index (χ1) is 7.50. The molecule has 0 aromatic heterocycles. The highest BCUT2D eigenvalue weighted by Gasteiger charge is 1.90. The van der Waals surface area contributed by atoms with Gasteiger partial charge in [-0.3, -0.25) is 0 Å². The zero-order valence-corrected chi connectivity index (χ0v) is 10.8. The summed E-state index contributed by atoms with van der Waals surface area (Å²) < 4.78 is 0. The highest BCUT2D eigenvalue weighted by molar-refractivity contribution is 8.04. The Labute approximate surface area is 102 Å². The smallest absolute Gasteiger partial charge is 0.00976 e. The van der Waals surface area contributed by atoms with Crippen molar-refractivity contribution in [2.75, 3.05) is 11.5 Å². The zero-order chi connectivity index (χ0) is 10.6. The fraction of sp³-hybridized carbons (Fsp3) is 0.692. The van der Waals surface area contributed by atoms with Crippen molar-refractivity contribution >= 4 is 23.5 Å². The molecule has 0 amide bonds. The summed E-state index contributed by atoms with van der Waals surface area (Å²) >= 11 is 3.56. The van der Waals surface area contributed by atoms with Crippen molar-refractivity contribution in [2.45, 2.75) is 44.9 Å². The van der Waals surface area contributed by atoms with E-state index >= 15 is 0 Å². The quantitative estimate of drug-likeness (QED) is 0.582. The zero-order valence-electron chi connectivity index (χ0n) is 9.18. The molecule has 0 nitrogen and oxygen atoms in total. The molecule has 0 spiro atoms. The van der Waals surface area contributed by atoms with Crippen molar-refractivity contribution < 1.29 is 0 Å². The molecule has 0 radical (unpaired) electrons. The maximum absolute atomic E-state index is 3.23. The second-order valence-corrected chi connectivity index (χ2v) is 5.32. The van der Waals surface area contributed by atoms with Gasteiger partial charge in [0.1, 0.15) is 0 Å². The van der Waals surface area contributed by atoms with E-state index in [0.29, 0.717) is 0 Å². The van der Waals surface area contributed by atoms with Gasteiger partial charge in [-0.2, -0.15) is 0 Å². The van der Waals surface area contributed by atoms with Gasteiger partial charge >= 0.3 is 0 Å². The van der Waals surface area contributed by atoms with E-state index < -0.39 is 0 Å². The lowest BCUT2D eigenvalue weighted by Gasteiger charge is -1.93. The van der Waals surface area contributed by atoms with E-state index in [2.05, 4.69) is 22.3 Å². The molecule has 0 saturated carbocycles. The Bertz CT molecular complexity index is 234. The molecule has 0 N–H and O–H groups in total. The number of rotatable bonds is 0. The molecule has 0 saturated heterocycles. The summed E-state index contributed by atoms with van der Waals surface area (Å²) in [5, 5.41) is 6.37. The van der Waals surface area contributed by atoms with E-state index in [4.69, 9.17) is 0 Å².